The summed E-state index contributed by atoms with van der Waals surface area (Å²) in [7, 11) is 0. The normalized spacial score (nSPS) is 10.9. The minimum absolute atomic E-state index is 0.0751. The number of halogens is 1. The highest BCUT2D eigenvalue weighted by atomic mass is 35.5. The Hall–Kier alpha value is -1.07. The van der Waals surface area contributed by atoms with E-state index in [4.69, 9.17) is 11.6 Å². The predicted molar refractivity (Wildman–Crippen MR) is 68.1 cm³/mol. The van der Waals surface area contributed by atoms with E-state index in [0.717, 1.165) is 12.2 Å². The van der Waals surface area contributed by atoms with Gasteiger partial charge in [-0.15, -0.1) is 0 Å². The first-order chi connectivity index (χ1) is 7.56. The van der Waals surface area contributed by atoms with Crippen LogP contribution < -0.4 is 0 Å². The fourth-order valence-corrected chi connectivity index (χ4v) is 1.56. The van der Waals surface area contributed by atoms with Crippen LogP contribution in [0.1, 0.15) is 17.7 Å². The number of pyridine rings is 1. The summed E-state index contributed by atoms with van der Waals surface area (Å²) < 4.78 is 0. The molecule has 0 amide bonds. The Balaban J connectivity index is 3.09. The Bertz CT molecular complexity index is 435. The first-order valence-electron chi connectivity index (χ1n) is 4.65. The maximum absolute atomic E-state index is 10.7. The van der Waals surface area contributed by atoms with Gasteiger partial charge in [0.05, 0.1) is 4.92 Å². The van der Waals surface area contributed by atoms with Crippen LogP contribution in [-0.2, 0) is 0 Å². The van der Waals surface area contributed by atoms with Crippen molar-refractivity contribution >= 4 is 36.0 Å². The zero-order valence-electron chi connectivity index (χ0n) is 8.68. The molecule has 0 spiro atoms. The zero-order chi connectivity index (χ0) is 12.1. The highest BCUT2D eigenvalue weighted by molar-refractivity contribution is 7.80. The van der Waals surface area contributed by atoms with Crippen LogP contribution in [0, 0.1) is 17.0 Å². The molecule has 0 aromatic carbocycles. The number of nitrogens with zero attached hydrogens (tertiary/aromatic N) is 2. The number of hydrogen-bond donors (Lipinski definition) is 1. The molecule has 16 heavy (non-hydrogen) atoms. The van der Waals surface area contributed by atoms with Crippen molar-refractivity contribution in [1.29, 1.82) is 0 Å². The summed E-state index contributed by atoms with van der Waals surface area (Å²) in [4.78, 5) is 14.0. The number of hydrogen-bond acceptors (Lipinski definition) is 4. The van der Waals surface area contributed by atoms with Gasteiger partial charge in [0.15, 0.2) is 0 Å². The van der Waals surface area contributed by atoms with E-state index in [1.807, 2.05) is 6.08 Å². The van der Waals surface area contributed by atoms with E-state index in [2.05, 4.69) is 17.6 Å². The van der Waals surface area contributed by atoms with Gasteiger partial charge in [-0.3, -0.25) is 10.1 Å². The summed E-state index contributed by atoms with van der Waals surface area (Å²) in [6, 6.07) is 1.43. The minimum atomic E-state index is -0.537. The van der Waals surface area contributed by atoms with Crippen molar-refractivity contribution in [1.82, 2.24) is 4.98 Å². The van der Waals surface area contributed by atoms with Crippen molar-refractivity contribution in [3.63, 3.8) is 0 Å². The van der Waals surface area contributed by atoms with Gasteiger partial charge in [0.2, 0.25) is 5.15 Å². The van der Waals surface area contributed by atoms with Crippen LogP contribution in [0.2, 0.25) is 5.15 Å². The highest BCUT2D eigenvalue weighted by Crippen LogP contribution is 2.25. The first-order valence-corrected chi connectivity index (χ1v) is 5.66. The molecule has 0 bridgehead atoms. The Morgan fingerprint density at radius 3 is 2.94 bits per heavy atom. The van der Waals surface area contributed by atoms with Crippen molar-refractivity contribution in [3.05, 3.63) is 38.7 Å². The second-order valence-corrected chi connectivity index (χ2v) is 3.95. The minimum Gasteiger partial charge on any atom is -0.258 e. The van der Waals surface area contributed by atoms with E-state index in [9.17, 15) is 10.1 Å². The van der Waals surface area contributed by atoms with Gasteiger partial charge in [-0.1, -0.05) is 23.8 Å². The molecule has 0 radical (unpaired) electrons. The molecule has 0 N–H and O–H groups in total. The van der Waals surface area contributed by atoms with Crippen molar-refractivity contribution in [2.24, 2.45) is 0 Å². The molecule has 0 saturated carbocycles. The molecule has 0 fully saturated rings. The van der Waals surface area contributed by atoms with Gasteiger partial charge in [-0.2, -0.15) is 12.6 Å². The van der Waals surface area contributed by atoms with Crippen LogP contribution in [0.4, 0.5) is 5.69 Å². The largest absolute Gasteiger partial charge is 0.307 e. The number of aryl methyl sites for hydroxylation is 1. The summed E-state index contributed by atoms with van der Waals surface area (Å²) in [5.74, 6) is 0.735. The Morgan fingerprint density at radius 2 is 2.38 bits per heavy atom. The molecule has 1 heterocycles. The van der Waals surface area contributed by atoms with Crippen molar-refractivity contribution in [2.45, 2.75) is 13.3 Å². The fourth-order valence-electron chi connectivity index (χ4n) is 1.16. The molecule has 1 rings (SSSR count). The van der Waals surface area contributed by atoms with E-state index >= 15 is 0 Å². The predicted octanol–water partition coefficient (Wildman–Crippen LogP) is 3.28. The van der Waals surface area contributed by atoms with Crippen molar-refractivity contribution in [3.8, 4) is 0 Å². The van der Waals surface area contributed by atoms with Gasteiger partial charge in [0.1, 0.15) is 0 Å². The molecule has 1 aromatic rings. The zero-order valence-corrected chi connectivity index (χ0v) is 10.3. The maximum atomic E-state index is 10.7. The van der Waals surface area contributed by atoms with E-state index in [-0.39, 0.29) is 10.8 Å². The van der Waals surface area contributed by atoms with Gasteiger partial charge in [-0.05, 0) is 19.1 Å². The molecular weight excluding hydrogens is 248 g/mol. The van der Waals surface area contributed by atoms with Crippen LogP contribution in [0.25, 0.3) is 6.08 Å². The van der Waals surface area contributed by atoms with E-state index in [1.54, 1.807) is 13.0 Å². The third-order valence-corrected chi connectivity index (χ3v) is 2.51. The van der Waals surface area contributed by atoms with E-state index in [1.165, 1.54) is 6.07 Å². The number of nitro groups is 1. The van der Waals surface area contributed by atoms with E-state index in [0.29, 0.717) is 11.3 Å². The molecular formula is C10H11ClN2O2S. The van der Waals surface area contributed by atoms with E-state index < -0.39 is 4.92 Å². The first kappa shape index (κ1) is 13.0. The average molecular weight is 259 g/mol. The lowest BCUT2D eigenvalue weighted by Crippen LogP contribution is -1.95. The highest BCUT2D eigenvalue weighted by Gasteiger charge is 2.15. The standard InChI is InChI=1S/C10H11ClN2O2S/c1-7-8(4-2-3-5-16)6-9(13(14)15)10(11)12-7/h2,4,6,16H,3,5H2,1H3. The lowest BCUT2D eigenvalue weighted by molar-refractivity contribution is -0.385. The number of thiol groups is 1. The van der Waals surface area contributed by atoms with Crippen LogP contribution in [0.5, 0.6) is 0 Å². The molecule has 6 heteroatoms. The van der Waals surface area contributed by atoms with Gasteiger partial charge < -0.3 is 0 Å². The summed E-state index contributed by atoms with van der Waals surface area (Å²) in [5, 5.41) is 10.6. The van der Waals surface area contributed by atoms with Crippen LogP contribution in [-0.4, -0.2) is 15.7 Å². The number of rotatable bonds is 4. The Labute approximate surface area is 104 Å². The lowest BCUT2D eigenvalue weighted by Gasteiger charge is -2.01. The summed E-state index contributed by atoms with van der Waals surface area (Å²) >= 11 is 9.73. The van der Waals surface area contributed by atoms with Gasteiger partial charge in [0.25, 0.3) is 0 Å². The molecule has 0 aliphatic rings. The number of aromatic nitrogens is 1. The summed E-state index contributed by atoms with van der Waals surface area (Å²) in [5.41, 5.74) is 1.21. The van der Waals surface area contributed by atoms with Crippen LogP contribution in [0.15, 0.2) is 12.1 Å². The van der Waals surface area contributed by atoms with Gasteiger partial charge in [-0.25, -0.2) is 4.98 Å². The molecule has 86 valence electrons. The fraction of sp³-hybridized carbons (Fsp3) is 0.300. The molecule has 0 aliphatic heterocycles. The second kappa shape index (κ2) is 5.86. The molecule has 1 aromatic heterocycles. The van der Waals surface area contributed by atoms with Crippen molar-refractivity contribution in [2.75, 3.05) is 5.75 Å². The Kier molecular flexibility index (Phi) is 4.76. The molecule has 0 atom stereocenters. The summed E-state index contributed by atoms with van der Waals surface area (Å²) in [6.45, 7) is 1.76. The third kappa shape index (κ3) is 3.21. The summed E-state index contributed by atoms with van der Waals surface area (Å²) in [6.07, 6.45) is 4.50. The molecule has 4 nitrogen and oxygen atoms in total. The quantitative estimate of drug-likeness (QED) is 0.390. The monoisotopic (exact) mass is 258 g/mol. The Morgan fingerprint density at radius 1 is 1.69 bits per heavy atom. The van der Waals surface area contributed by atoms with Gasteiger partial charge in [0, 0.05) is 17.3 Å². The van der Waals surface area contributed by atoms with Crippen molar-refractivity contribution < 1.29 is 4.92 Å². The second-order valence-electron chi connectivity index (χ2n) is 3.14. The van der Waals surface area contributed by atoms with Gasteiger partial charge >= 0.3 is 5.69 Å². The third-order valence-electron chi connectivity index (χ3n) is 1.98. The molecule has 0 saturated heterocycles. The molecule has 0 aliphatic carbocycles. The topological polar surface area (TPSA) is 56.0 Å². The average Bonchev–Trinajstić information content (AvgIpc) is 2.21. The lowest BCUT2D eigenvalue weighted by atomic mass is 10.1. The van der Waals surface area contributed by atoms with Crippen LogP contribution >= 0.6 is 24.2 Å². The SMILES string of the molecule is Cc1nc(Cl)c([N+](=O)[O-])cc1C=CCCS. The van der Waals surface area contributed by atoms with Crippen LogP contribution in [0.3, 0.4) is 0 Å². The smallest absolute Gasteiger partial charge is 0.258 e. The number of allylic oxidation sites excluding steroid dienone is 1. The maximum Gasteiger partial charge on any atom is 0.307 e. The molecule has 0 unspecified atom stereocenters.